The molecule has 7 nitrogen and oxygen atoms in total. The van der Waals surface area contributed by atoms with E-state index < -0.39 is 24.3 Å². The van der Waals surface area contributed by atoms with Gasteiger partial charge >= 0.3 is 0 Å². The molecule has 4 N–H and O–H groups in total. The Kier molecular flexibility index (Phi) is 3.36. The minimum absolute atomic E-state index is 0.0317. The first-order chi connectivity index (χ1) is 9.54. The molecular formula is C11H12BrFN4O3. The second-order valence-electron chi connectivity index (χ2n) is 4.55. The molecule has 0 radical (unpaired) electrons. The van der Waals surface area contributed by atoms with E-state index in [-0.39, 0.29) is 34.5 Å². The number of nitrogen functional groups attached to an aromatic ring is 1. The molecule has 9 heteroatoms. The van der Waals surface area contributed by atoms with Crippen molar-refractivity contribution in [3.8, 4) is 0 Å². The third-order valence-electron chi connectivity index (χ3n) is 3.37. The van der Waals surface area contributed by atoms with Crippen molar-refractivity contribution in [2.75, 3.05) is 12.3 Å². The molecule has 3 heterocycles. The highest BCUT2D eigenvalue weighted by atomic mass is 79.9. The third-order valence-corrected chi connectivity index (χ3v) is 4.10. The van der Waals surface area contributed by atoms with Crippen LogP contribution in [0.5, 0.6) is 0 Å². The van der Waals surface area contributed by atoms with Gasteiger partial charge in [0.1, 0.15) is 29.1 Å². The van der Waals surface area contributed by atoms with Crippen LogP contribution in [0.15, 0.2) is 10.9 Å². The smallest absolute Gasteiger partial charge is 0.168 e. The van der Waals surface area contributed by atoms with Crippen molar-refractivity contribution in [2.24, 2.45) is 0 Å². The molecule has 1 saturated heterocycles. The molecule has 2 aromatic heterocycles. The molecule has 0 amide bonds. The predicted molar refractivity (Wildman–Crippen MR) is 71.2 cm³/mol. The predicted octanol–water partition coefficient (Wildman–Crippen LogP) is 0.556. The van der Waals surface area contributed by atoms with Gasteiger partial charge in [0, 0.05) is 6.42 Å². The van der Waals surface area contributed by atoms with Crippen molar-refractivity contribution in [2.45, 2.75) is 24.9 Å². The molecule has 2 aromatic rings. The SMILES string of the molecule is Nc1ncnc2c1c(F)c(Br)n2[C@H]1C[C@@H](O)[C@@H](CO)O1. The van der Waals surface area contributed by atoms with Crippen LogP contribution in [0.2, 0.25) is 0 Å². The fourth-order valence-corrected chi connectivity index (χ4v) is 2.98. The molecule has 0 unspecified atom stereocenters. The zero-order valence-corrected chi connectivity index (χ0v) is 11.8. The van der Waals surface area contributed by atoms with Gasteiger partial charge in [0.25, 0.3) is 0 Å². The monoisotopic (exact) mass is 346 g/mol. The Morgan fingerprint density at radius 3 is 2.95 bits per heavy atom. The maximum Gasteiger partial charge on any atom is 0.168 e. The fraction of sp³-hybridized carbons (Fsp3) is 0.455. The lowest BCUT2D eigenvalue weighted by atomic mass is 10.2. The van der Waals surface area contributed by atoms with Gasteiger partial charge in [-0.15, -0.1) is 0 Å². The molecule has 0 aromatic carbocycles. The molecule has 20 heavy (non-hydrogen) atoms. The van der Waals surface area contributed by atoms with E-state index in [0.717, 1.165) is 0 Å². The minimum Gasteiger partial charge on any atom is -0.394 e. The van der Waals surface area contributed by atoms with Gasteiger partial charge in [0.05, 0.1) is 18.1 Å². The van der Waals surface area contributed by atoms with Crippen LogP contribution in [0.1, 0.15) is 12.6 Å². The number of anilines is 1. The van der Waals surface area contributed by atoms with Gasteiger partial charge in [-0.1, -0.05) is 0 Å². The number of nitrogens with zero attached hydrogens (tertiary/aromatic N) is 3. The molecular weight excluding hydrogens is 335 g/mol. The summed E-state index contributed by atoms with van der Waals surface area (Å²) in [5.74, 6) is -0.548. The van der Waals surface area contributed by atoms with Gasteiger partial charge in [0.2, 0.25) is 0 Å². The van der Waals surface area contributed by atoms with Crippen LogP contribution in [0.4, 0.5) is 10.2 Å². The fourth-order valence-electron chi connectivity index (χ4n) is 2.38. The number of nitrogens with two attached hydrogens (primary N) is 1. The molecule has 1 aliphatic heterocycles. The largest absolute Gasteiger partial charge is 0.394 e. The van der Waals surface area contributed by atoms with Crippen LogP contribution < -0.4 is 5.73 Å². The molecule has 3 rings (SSSR count). The Balaban J connectivity index is 2.13. The molecule has 0 aliphatic carbocycles. The molecule has 1 aliphatic rings. The topological polar surface area (TPSA) is 106 Å². The summed E-state index contributed by atoms with van der Waals surface area (Å²) >= 11 is 3.14. The average Bonchev–Trinajstić information content (AvgIpc) is 2.90. The summed E-state index contributed by atoms with van der Waals surface area (Å²) in [4.78, 5) is 7.78. The maximum atomic E-state index is 14.2. The normalized spacial score (nSPS) is 26.5. The summed E-state index contributed by atoms with van der Waals surface area (Å²) in [6.45, 7) is -0.311. The first-order valence-electron chi connectivity index (χ1n) is 5.94. The summed E-state index contributed by atoms with van der Waals surface area (Å²) < 4.78 is 21.3. The van der Waals surface area contributed by atoms with Gasteiger partial charge < -0.3 is 20.7 Å². The summed E-state index contributed by atoms with van der Waals surface area (Å²) in [5.41, 5.74) is 5.94. The number of fused-ring (bicyclic) bond motifs is 1. The van der Waals surface area contributed by atoms with Crippen LogP contribution in [0, 0.1) is 5.82 Å². The van der Waals surface area contributed by atoms with Crippen molar-refractivity contribution in [1.29, 1.82) is 0 Å². The van der Waals surface area contributed by atoms with Crippen molar-refractivity contribution in [3.05, 3.63) is 16.7 Å². The van der Waals surface area contributed by atoms with Gasteiger partial charge in [0.15, 0.2) is 11.5 Å². The van der Waals surface area contributed by atoms with Crippen molar-refractivity contribution >= 4 is 32.8 Å². The van der Waals surface area contributed by atoms with Crippen molar-refractivity contribution in [3.63, 3.8) is 0 Å². The van der Waals surface area contributed by atoms with E-state index in [0.29, 0.717) is 0 Å². The van der Waals surface area contributed by atoms with Gasteiger partial charge in [-0.2, -0.15) is 0 Å². The van der Waals surface area contributed by atoms with Crippen LogP contribution in [-0.2, 0) is 4.74 Å². The molecule has 3 atom stereocenters. The second kappa shape index (κ2) is 4.92. The zero-order valence-electron chi connectivity index (χ0n) is 10.2. The van der Waals surface area contributed by atoms with Crippen LogP contribution in [0.25, 0.3) is 11.0 Å². The van der Waals surface area contributed by atoms with Crippen LogP contribution in [0.3, 0.4) is 0 Å². The van der Waals surface area contributed by atoms with E-state index in [1.54, 1.807) is 0 Å². The maximum absolute atomic E-state index is 14.2. The third kappa shape index (κ3) is 1.89. The Bertz CT molecular complexity index is 665. The number of ether oxygens (including phenoxy) is 1. The van der Waals surface area contributed by atoms with Gasteiger partial charge in [-0.25, -0.2) is 14.4 Å². The van der Waals surface area contributed by atoms with E-state index >= 15 is 0 Å². The highest BCUT2D eigenvalue weighted by Crippen LogP contribution is 2.38. The van der Waals surface area contributed by atoms with Crippen LogP contribution in [-0.4, -0.2) is 43.6 Å². The first kappa shape index (κ1) is 13.7. The lowest BCUT2D eigenvalue weighted by molar-refractivity contribution is -0.0438. The summed E-state index contributed by atoms with van der Waals surface area (Å²) in [6, 6.07) is 0. The number of hydrogen-bond donors (Lipinski definition) is 3. The number of aliphatic hydroxyl groups is 2. The molecule has 0 bridgehead atoms. The minimum atomic E-state index is -0.823. The Hall–Kier alpha value is -1.29. The number of hydrogen-bond acceptors (Lipinski definition) is 6. The van der Waals surface area contributed by atoms with Gasteiger partial charge in [-0.05, 0) is 15.9 Å². The lowest BCUT2D eigenvalue weighted by Crippen LogP contribution is -2.24. The molecule has 0 spiro atoms. The first-order valence-corrected chi connectivity index (χ1v) is 6.73. The summed E-state index contributed by atoms with van der Waals surface area (Å²) in [7, 11) is 0. The van der Waals surface area contributed by atoms with E-state index in [4.69, 9.17) is 15.6 Å². The van der Waals surface area contributed by atoms with E-state index in [1.807, 2.05) is 0 Å². The quantitative estimate of drug-likeness (QED) is 0.733. The Morgan fingerprint density at radius 1 is 1.55 bits per heavy atom. The Labute approximate surface area is 121 Å². The van der Waals surface area contributed by atoms with E-state index in [1.165, 1.54) is 10.9 Å². The molecule has 108 valence electrons. The highest BCUT2D eigenvalue weighted by molar-refractivity contribution is 9.10. The van der Waals surface area contributed by atoms with Crippen molar-refractivity contribution < 1.29 is 19.3 Å². The van der Waals surface area contributed by atoms with Crippen LogP contribution >= 0.6 is 15.9 Å². The lowest BCUT2D eigenvalue weighted by Gasteiger charge is -2.15. The van der Waals surface area contributed by atoms with E-state index in [9.17, 15) is 9.50 Å². The average molecular weight is 347 g/mol. The van der Waals surface area contributed by atoms with E-state index in [2.05, 4.69) is 25.9 Å². The number of halogens is 2. The highest BCUT2D eigenvalue weighted by Gasteiger charge is 2.37. The number of aliphatic hydroxyl groups excluding tert-OH is 2. The number of rotatable bonds is 2. The second-order valence-corrected chi connectivity index (χ2v) is 5.30. The van der Waals surface area contributed by atoms with Gasteiger partial charge in [-0.3, -0.25) is 4.57 Å². The van der Waals surface area contributed by atoms with Crippen molar-refractivity contribution in [1.82, 2.24) is 14.5 Å². The Morgan fingerprint density at radius 2 is 2.30 bits per heavy atom. The summed E-state index contributed by atoms with van der Waals surface area (Å²) in [6.07, 6.45) is -0.715. The number of aromatic nitrogens is 3. The standard InChI is InChI=1S/C11H12BrFN4O3/c12-9-8(13)7-10(14)15-3-16-11(7)17(9)6-1-4(19)5(2-18)20-6/h3-6,18-19H,1-2H2,(H2,14,15,16)/t4-,5-,6-/m1/s1. The molecule has 0 saturated carbocycles. The zero-order chi connectivity index (χ0) is 14.4. The summed E-state index contributed by atoms with van der Waals surface area (Å²) in [5, 5.41) is 19.0. The molecule has 1 fully saturated rings.